The average Bonchev–Trinajstić information content (AvgIpc) is 2.16. The van der Waals surface area contributed by atoms with Crippen molar-refractivity contribution in [2.75, 3.05) is 14.2 Å². The van der Waals surface area contributed by atoms with E-state index in [-0.39, 0.29) is 11.3 Å². The second kappa shape index (κ2) is 4.02. The van der Waals surface area contributed by atoms with Crippen LogP contribution in [0.5, 0.6) is 0 Å². The van der Waals surface area contributed by atoms with E-state index in [0.717, 1.165) is 0 Å². The fourth-order valence-electron chi connectivity index (χ4n) is 1.19. The fraction of sp³-hybridized carbons (Fsp3) is 0.500. The molecule has 80 valence electrons. The van der Waals surface area contributed by atoms with Crippen LogP contribution in [0.4, 0.5) is 0 Å². The van der Waals surface area contributed by atoms with Crippen molar-refractivity contribution in [3.63, 3.8) is 0 Å². The van der Waals surface area contributed by atoms with Crippen LogP contribution in [0.2, 0.25) is 0 Å². The summed E-state index contributed by atoms with van der Waals surface area (Å²) in [5.41, 5.74) is 0. The molecule has 0 saturated heterocycles. The van der Waals surface area contributed by atoms with E-state index in [1.54, 1.807) is 12.2 Å². The topological polar surface area (TPSA) is 52.6 Å². The molecule has 0 amide bonds. The number of hydrogen-bond donors (Lipinski definition) is 0. The first-order chi connectivity index (χ1) is 6.43. The summed E-state index contributed by atoms with van der Waals surface area (Å²) < 4.78 is 32.3. The Morgan fingerprint density at radius 2 is 2.00 bits per heavy atom. The lowest BCUT2D eigenvalue weighted by Crippen LogP contribution is -2.33. The fourth-order valence-corrected chi connectivity index (χ4v) is 2.13. The lowest BCUT2D eigenvalue weighted by Gasteiger charge is -2.29. The number of allylic oxidation sites excluding steroid dienone is 2. The van der Waals surface area contributed by atoms with Gasteiger partial charge in [-0.2, -0.15) is 0 Å². The molecule has 0 aromatic rings. The third-order valence-corrected chi connectivity index (χ3v) is 3.56. The second-order valence-electron chi connectivity index (χ2n) is 2.83. The zero-order chi connectivity index (χ0) is 10.8. The van der Waals surface area contributed by atoms with E-state index in [2.05, 4.69) is 0 Å². The van der Waals surface area contributed by atoms with E-state index < -0.39 is 14.8 Å². The van der Waals surface area contributed by atoms with Crippen molar-refractivity contribution in [3.05, 3.63) is 23.1 Å². The summed E-state index contributed by atoms with van der Waals surface area (Å²) >= 11 is 0. The minimum absolute atomic E-state index is 0.0856. The van der Waals surface area contributed by atoms with Crippen molar-refractivity contribution in [2.24, 2.45) is 0 Å². The maximum atomic E-state index is 11.1. The zero-order valence-corrected chi connectivity index (χ0v) is 9.43. The molecule has 4 nitrogen and oxygen atoms in total. The van der Waals surface area contributed by atoms with Gasteiger partial charge >= 0.3 is 0 Å². The van der Waals surface area contributed by atoms with Gasteiger partial charge in [0, 0.05) is 31.3 Å². The van der Waals surface area contributed by atoms with Crippen LogP contribution in [0.1, 0.15) is 6.42 Å². The Kier molecular flexibility index (Phi) is 3.36. The molecule has 1 rings (SSSR count). The Hall–Kier alpha value is -0.360. The minimum Gasteiger partial charge on any atom is -0.349 e. The van der Waals surface area contributed by atoms with Gasteiger partial charge < -0.3 is 9.47 Å². The monoisotopic (exact) mass is 238 g/mol. The molecule has 6 heteroatoms. The number of hydrogen-bond acceptors (Lipinski definition) is 4. The summed E-state index contributed by atoms with van der Waals surface area (Å²) in [6, 6.07) is 0. The third-order valence-electron chi connectivity index (χ3n) is 2.06. The SMILES string of the molecule is COC1(OC)C=CC=C(S(=O)(=O)Cl)C1. The molecule has 0 aliphatic heterocycles. The molecule has 0 spiro atoms. The van der Waals surface area contributed by atoms with Crippen LogP contribution in [0.15, 0.2) is 23.1 Å². The van der Waals surface area contributed by atoms with Gasteiger partial charge in [-0.25, -0.2) is 8.42 Å². The van der Waals surface area contributed by atoms with Crippen molar-refractivity contribution in [3.8, 4) is 0 Å². The second-order valence-corrected chi connectivity index (χ2v) is 5.45. The maximum absolute atomic E-state index is 11.1. The summed E-state index contributed by atoms with van der Waals surface area (Å²) in [6.07, 6.45) is 4.70. The smallest absolute Gasteiger partial charge is 0.257 e. The minimum atomic E-state index is -3.70. The normalized spacial score (nSPS) is 20.6. The average molecular weight is 239 g/mol. The molecule has 0 radical (unpaired) electrons. The van der Waals surface area contributed by atoms with Gasteiger partial charge in [-0.1, -0.05) is 6.08 Å². The predicted octanol–water partition coefficient (Wildman–Crippen LogP) is 1.39. The molecule has 0 N–H and O–H groups in total. The van der Waals surface area contributed by atoms with Crippen molar-refractivity contribution < 1.29 is 17.9 Å². The summed E-state index contributed by atoms with van der Waals surface area (Å²) in [5.74, 6) is -1.02. The molecule has 0 aromatic carbocycles. The van der Waals surface area contributed by atoms with E-state index in [1.165, 1.54) is 20.3 Å². The third kappa shape index (κ3) is 2.36. The van der Waals surface area contributed by atoms with Crippen LogP contribution in [-0.4, -0.2) is 28.4 Å². The molecule has 0 aromatic heterocycles. The molecule has 0 saturated carbocycles. The van der Waals surface area contributed by atoms with E-state index in [0.29, 0.717) is 0 Å². The van der Waals surface area contributed by atoms with E-state index in [4.69, 9.17) is 20.2 Å². The molecule has 0 unspecified atom stereocenters. The van der Waals surface area contributed by atoms with Gasteiger partial charge in [0.15, 0.2) is 5.79 Å². The van der Waals surface area contributed by atoms with E-state index in [1.807, 2.05) is 0 Å². The standard InChI is InChI=1S/C8H11ClO4S/c1-12-8(13-2)5-3-4-7(6-8)14(9,10)11/h3-5H,6H2,1-2H3. The van der Waals surface area contributed by atoms with Crippen molar-refractivity contribution >= 4 is 19.7 Å². The lowest BCUT2D eigenvalue weighted by molar-refractivity contribution is -0.168. The van der Waals surface area contributed by atoms with Gasteiger partial charge in [0.25, 0.3) is 9.05 Å². The molecule has 1 aliphatic rings. The molecule has 0 bridgehead atoms. The molecule has 0 fully saturated rings. The highest BCUT2D eigenvalue weighted by atomic mass is 35.7. The quantitative estimate of drug-likeness (QED) is 0.551. The number of methoxy groups -OCH3 is 2. The van der Waals surface area contributed by atoms with Crippen molar-refractivity contribution in [1.29, 1.82) is 0 Å². The van der Waals surface area contributed by atoms with Gasteiger partial charge in [-0.3, -0.25) is 0 Å². The van der Waals surface area contributed by atoms with E-state index in [9.17, 15) is 8.42 Å². The van der Waals surface area contributed by atoms with E-state index >= 15 is 0 Å². The van der Waals surface area contributed by atoms with Crippen LogP contribution in [0.25, 0.3) is 0 Å². The highest BCUT2D eigenvalue weighted by molar-refractivity contribution is 8.16. The Bertz CT molecular complexity index is 365. The molecule has 0 atom stereocenters. The van der Waals surface area contributed by atoms with Gasteiger partial charge in [-0.05, 0) is 12.2 Å². The van der Waals surface area contributed by atoms with Gasteiger partial charge in [0.1, 0.15) is 0 Å². The van der Waals surface area contributed by atoms with Gasteiger partial charge in [0.2, 0.25) is 0 Å². The Balaban J connectivity index is 2.99. The van der Waals surface area contributed by atoms with Crippen molar-refractivity contribution in [2.45, 2.75) is 12.2 Å². The molecule has 0 heterocycles. The summed E-state index contributed by atoms with van der Waals surface area (Å²) in [4.78, 5) is 0.0883. The summed E-state index contributed by atoms with van der Waals surface area (Å²) in [6.45, 7) is 0. The number of ether oxygens (including phenoxy) is 2. The number of rotatable bonds is 3. The Labute approximate surface area is 87.6 Å². The van der Waals surface area contributed by atoms with Crippen LogP contribution < -0.4 is 0 Å². The van der Waals surface area contributed by atoms with Crippen LogP contribution in [0.3, 0.4) is 0 Å². The lowest BCUT2D eigenvalue weighted by atomic mass is 10.1. The van der Waals surface area contributed by atoms with Crippen molar-refractivity contribution in [1.82, 2.24) is 0 Å². The van der Waals surface area contributed by atoms with Gasteiger partial charge in [0.05, 0.1) is 4.91 Å². The molecular weight excluding hydrogens is 228 g/mol. The largest absolute Gasteiger partial charge is 0.349 e. The van der Waals surface area contributed by atoms with Crippen LogP contribution >= 0.6 is 10.7 Å². The maximum Gasteiger partial charge on any atom is 0.257 e. The first kappa shape index (κ1) is 11.7. The number of halogens is 1. The molecular formula is C8H11ClO4S. The highest BCUT2D eigenvalue weighted by Crippen LogP contribution is 2.31. The van der Waals surface area contributed by atoms with Crippen LogP contribution in [0, 0.1) is 0 Å². The summed E-state index contributed by atoms with van der Waals surface area (Å²) in [7, 11) is 4.40. The van der Waals surface area contributed by atoms with Gasteiger partial charge in [-0.15, -0.1) is 0 Å². The highest BCUT2D eigenvalue weighted by Gasteiger charge is 2.33. The Morgan fingerprint density at radius 1 is 1.43 bits per heavy atom. The first-order valence-corrected chi connectivity index (χ1v) is 6.18. The summed E-state index contributed by atoms with van der Waals surface area (Å²) in [5, 5.41) is 0. The molecule has 1 aliphatic carbocycles. The Morgan fingerprint density at radius 3 is 2.43 bits per heavy atom. The zero-order valence-electron chi connectivity index (χ0n) is 7.86. The predicted molar refractivity (Wildman–Crippen MR) is 53.4 cm³/mol. The first-order valence-electron chi connectivity index (χ1n) is 3.87. The van der Waals surface area contributed by atoms with Crippen LogP contribution in [-0.2, 0) is 18.5 Å². The molecule has 14 heavy (non-hydrogen) atoms.